The number of benzene rings is 2. The molecule has 1 nitrogen and oxygen atoms in total. The Kier molecular flexibility index (Phi) is 5.05. The quantitative estimate of drug-likeness (QED) is 0.633. The molecule has 0 spiro atoms. The Hall–Kier alpha value is -1.89. The predicted molar refractivity (Wildman–Crippen MR) is 93.9 cm³/mol. The number of aryl methyl sites for hydroxylation is 1. The van der Waals surface area contributed by atoms with Gasteiger partial charge in [0.15, 0.2) is 0 Å². The van der Waals surface area contributed by atoms with E-state index in [0.29, 0.717) is 20.9 Å². The Morgan fingerprint density at radius 3 is 2.18 bits per heavy atom. The van der Waals surface area contributed by atoms with Crippen molar-refractivity contribution in [2.75, 3.05) is 0 Å². The summed E-state index contributed by atoms with van der Waals surface area (Å²) in [5.41, 5.74) is 4.10. The minimum absolute atomic E-state index is 0.382. The first-order valence-corrected chi connectivity index (χ1v) is 9.55. The maximum absolute atomic E-state index is 4.48. The van der Waals surface area contributed by atoms with Gasteiger partial charge in [-0.3, -0.25) is 0 Å². The third-order valence-electron chi connectivity index (χ3n) is 3.72. The van der Waals surface area contributed by atoms with Crippen LogP contribution in [-0.2, 0) is 0 Å². The summed E-state index contributed by atoms with van der Waals surface area (Å²) in [4.78, 5) is 4.48. The Morgan fingerprint density at radius 1 is 0.818 bits per heavy atom. The Morgan fingerprint density at radius 2 is 1.50 bits per heavy atom. The first-order valence-electron chi connectivity index (χ1n) is 7.48. The van der Waals surface area contributed by atoms with E-state index in [9.17, 15) is 0 Å². The molecule has 0 bridgehead atoms. The second-order valence-corrected chi connectivity index (χ2v) is 7.54. The summed E-state index contributed by atoms with van der Waals surface area (Å²) in [7, 11) is 0. The fourth-order valence-corrected chi connectivity index (χ4v) is 4.64. The fourth-order valence-electron chi connectivity index (χ4n) is 2.47. The van der Waals surface area contributed by atoms with E-state index in [2.05, 4.69) is 78.6 Å². The van der Waals surface area contributed by atoms with Gasteiger partial charge in [0.2, 0.25) is 0 Å². The number of hydrogen-bond acceptors (Lipinski definition) is 1. The normalized spacial score (nSPS) is 12.0. The molecule has 0 saturated heterocycles. The van der Waals surface area contributed by atoms with Gasteiger partial charge in [-0.25, -0.2) is 0 Å². The molecule has 22 heavy (non-hydrogen) atoms. The van der Waals surface area contributed by atoms with Crippen LogP contribution in [0.4, 0.5) is 0 Å². The zero-order valence-corrected chi connectivity index (χ0v) is 14.4. The first kappa shape index (κ1) is 15.0. The van der Waals surface area contributed by atoms with Crippen molar-refractivity contribution in [3.63, 3.8) is 0 Å². The molecule has 3 rings (SSSR count). The number of nitrogens with zero attached hydrogens (tertiary/aromatic N) is 1. The van der Waals surface area contributed by atoms with Gasteiger partial charge in [0, 0.05) is 0 Å². The van der Waals surface area contributed by atoms with Crippen LogP contribution in [0.25, 0.3) is 0 Å². The van der Waals surface area contributed by atoms with Gasteiger partial charge in [-0.1, -0.05) is 0 Å². The molecule has 0 aliphatic heterocycles. The van der Waals surface area contributed by atoms with E-state index in [-0.39, 0.29) is 0 Å². The maximum atomic E-state index is 4.48. The molecule has 0 fully saturated rings. The average molecular weight is 352 g/mol. The van der Waals surface area contributed by atoms with Gasteiger partial charge >= 0.3 is 138 Å². The van der Waals surface area contributed by atoms with Gasteiger partial charge in [0.25, 0.3) is 0 Å². The predicted octanol–water partition coefficient (Wildman–Crippen LogP) is 3.97. The van der Waals surface area contributed by atoms with Gasteiger partial charge in [0.1, 0.15) is 0 Å². The van der Waals surface area contributed by atoms with Crippen LogP contribution in [0, 0.1) is 6.92 Å². The second-order valence-electron chi connectivity index (χ2n) is 5.35. The zero-order valence-electron chi connectivity index (χ0n) is 12.6. The summed E-state index contributed by atoms with van der Waals surface area (Å²) in [6, 6.07) is 26.0. The van der Waals surface area contributed by atoms with Crippen molar-refractivity contribution in [2.45, 2.75) is 18.2 Å². The monoisotopic (exact) mass is 353 g/mol. The number of pyridine rings is 1. The Balaban J connectivity index is 1.85. The van der Waals surface area contributed by atoms with Gasteiger partial charge in [-0.15, -0.1) is 0 Å². The van der Waals surface area contributed by atoms with E-state index >= 15 is 0 Å². The summed E-state index contributed by atoms with van der Waals surface area (Å²) >= 11 is 0.382. The van der Waals surface area contributed by atoms with Crippen LogP contribution in [0.2, 0.25) is 5.32 Å². The molecular formula is C20H19NSe. The SMILES string of the molecule is Cc1ccc([C@@H](C[Se]c2ccccn2)c2ccccc2)cc1. The molecule has 2 aromatic carbocycles. The Bertz CT molecular complexity index is 693. The van der Waals surface area contributed by atoms with Gasteiger partial charge < -0.3 is 0 Å². The van der Waals surface area contributed by atoms with Crippen molar-refractivity contribution in [3.8, 4) is 0 Å². The molecule has 1 aromatic heterocycles. The van der Waals surface area contributed by atoms with Crippen LogP contribution < -0.4 is 4.59 Å². The molecule has 1 heterocycles. The molecule has 0 N–H and O–H groups in total. The zero-order chi connectivity index (χ0) is 15.2. The van der Waals surface area contributed by atoms with Crippen LogP contribution in [-0.4, -0.2) is 19.9 Å². The summed E-state index contributed by atoms with van der Waals surface area (Å²) in [6.07, 6.45) is 1.89. The van der Waals surface area contributed by atoms with E-state index in [1.165, 1.54) is 21.3 Å². The average Bonchev–Trinajstić information content (AvgIpc) is 2.58. The molecule has 110 valence electrons. The summed E-state index contributed by atoms with van der Waals surface area (Å²) < 4.78 is 1.23. The van der Waals surface area contributed by atoms with E-state index in [1.807, 2.05) is 12.3 Å². The second kappa shape index (κ2) is 7.40. The molecule has 0 saturated carbocycles. The third-order valence-corrected chi connectivity index (χ3v) is 5.89. The number of rotatable bonds is 5. The van der Waals surface area contributed by atoms with Crippen molar-refractivity contribution in [1.82, 2.24) is 4.98 Å². The summed E-state index contributed by atoms with van der Waals surface area (Å²) in [5.74, 6) is 0.448. The van der Waals surface area contributed by atoms with Gasteiger partial charge in [-0.05, 0) is 0 Å². The molecule has 2 heteroatoms. The van der Waals surface area contributed by atoms with Gasteiger partial charge in [-0.2, -0.15) is 0 Å². The molecule has 0 radical (unpaired) electrons. The van der Waals surface area contributed by atoms with Crippen molar-refractivity contribution in [3.05, 3.63) is 95.7 Å². The molecule has 0 aliphatic carbocycles. The third kappa shape index (κ3) is 3.85. The topological polar surface area (TPSA) is 12.9 Å². The number of aromatic nitrogens is 1. The van der Waals surface area contributed by atoms with Crippen molar-refractivity contribution in [2.24, 2.45) is 0 Å². The van der Waals surface area contributed by atoms with Crippen LogP contribution in [0.15, 0.2) is 79.0 Å². The number of hydrogen-bond donors (Lipinski definition) is 0. The molecule has 3 aromatic rings. The van der Waals surface area contributed by atoms with Crippen LogP contribution in [0.3, 0.4) is 0 Å². The van der Waals surface area contributed by atoms with Gasteiger partial charge in [0.05, 0.1) is 0 Å². The van der Waals surface area contributed by atoms with E-state index in [4.69, 9.17) is 0 Å². The van der Waals surface area contributed by atoms with E-state index < -0.39 is 0 Å². The molecule has 0 amide bonds. The summed E-state index contributed by atoms with van der Waals surface area (Å²) in [5, 5.41) is 1.14. The van der Waals surface area contributed by atoms with Crippen LogP contribution in [0.5, 0.6) is 0 Å². The van der Waals surface area contributed by atoms with Crippen LogP contribution in [0.1, 0.15) is 22.6 Å². The molecule has 0 unspecified atom stereocenters. The summed E-state index contributed by atoms with van der Waals surface area (Å²) in [6.45, 7) is 2.14. The van der Waals surface area contributed by atoms with Crippen molar-refractivity contribution in [1.29, 1.82) is 0 Å². The van der Waals surface area contributed by atoms with Crippen LogP contribution >= 0.6 is 0 Å². The minimum atomic E-state index is 0.382. The standard InChI is InChI=1S/C20H19NSe/c1-16-10-12-18(13-11-16)19(17-7-3-2-4-8-17)15-22-20-9-5-6-14-21-20/h2-14,19H,15H2,1H3/t19-/m0/s1. The fraction of sp³-hybridized carbons (Fsp3) is 0.150. The van der Waals surface area contributed by atoms with Crippen molar-refractivity contribution >= 4 is 19.5 Å². The molecule has 0 aliphatic rings. The first-order chi connectivity index (χ1) is 10.8. The molecular weight excluding hydrogens is 333 g/mol. The Labute approximate surface area is 138 Å². The van der Waals surface area contributed by atoms with E-state index in [1.54, 1.807) is 0 Å². The molecule has 1 atom stereocenters. The van der Waals surface area contributed by atoms with E-state index in [0.717, 1.165) is 5.32 Å². The van der Waals surface area contributed by atoms with Crippen molar-refractivity contribution < 1.29 is 0 Å².